The molecule has 168 valence electrons. The molecular formula is C25H29N3O4. The smallest absolute Gasteiger partial charge is 0.414 e. The molecule has 2 aromatic rings. The monoisotopic (exact) mass is 435 g/mol. The summed E-state index contributed by atoms with van der Waals surface area (Å²) in [5.41, 5.74) is 5.38. The molecule has 1 fully saturated rings. The van der Waals surface area contributed by atoms with Crippen LogP contribution in [0.5, 0.6) is 0 Å². The van der Waals surface area contributed by atoms with E-state index in [4.69, 9.17) is 4.74 Å². The van der Waals surface area contributed by atoms with E-state index in [0.29, 0.717) is 32.6 Å². The molecule has 2 aromatic carbocycles. The number of nitrogens with zero attached hydrogens (tertiary/aromatic N) is 2. The lowest BCUT2D eigenvalue weighted by atomic mass is 10.0. The number of hydrogen-bond acceptors (Lipinski definition) is 4. The average Bonchev–Trinajstić information content (AvgIpc) is 3.01. The van der Waals surface area contributed by atoms with Crippen molar-refractivity contribution in [1.82, 2.24) is 10.2 Å². The van der Waals surface area contributed by atoms with Gasteiger partial charge in [-0.1, -0.05) is 35.9 Å². The highest BCUT2D eigenvalue weighted by Crippen LogP contribution is 2.26. The largest absolute Gasteiger partial charge is 0.442 e. The number of aryl methyl sites for hydroxylation is 1. The third-order valence-electron chi connectivity index (χ3n) is 6.09. The quantitative estimate of drug-likeness (QED) is 0.783. The van der Waals surface area contributed by atoms with Crippen molar-refractivity contribution in [2.45, 2.75) is 39.2 Å². The second-order valence-electron chi connectivity index (χ2n) is 8.55. The van der Waals surface area contributed by atoms with Crippen molar-refractivity contribution in [2.75, 3.05) is 31.1 Å². The fourth-order valence-corrected chi connectivity index (χ4v) is 4.22. The lowest BCUT2D eigenvalue weighted by Crippen LogP contribution is -2.34. The lowest BCUT2D eigenvalue weighted by Gasteiger charge is -2.20. The molecule has 0 unspecified atom stereocenters. The van der Waals surface area contributed by atoms with E-state index in [1.807, 2.05) is 54.3 Å². The van der Waals surface area contributed by atoms with Gasteiger partial charge in [0.25, 0.3) is 0 Å². The van der Waals surface area contributed by atoms with Gasteiger partial charge in [-0.05, 0) is 48.6 Å². The first-order valence-corrected chi connectivity index (χ1v) is 11.1. The number of fused-ring (bicyclic) bond motifs is 1. The van der Waals surface area contributed by atoms with E-state index in [2.05, 4.69) is 5.32 Å². The predicted molar refractivity (Wildman–Crippen MR) is 122 cm³/mol. The van der Waals surface area contributed by atoms with Crippen LogP contribution in [-0.2, 0) is 33.6 Å². The molecule has 1 N–H and O–H groups in total. The van der Waals surface area contributed by atoms with Crippen LogP contribution in [0.1, 0.15) is 29.2 Å². The van der Waals surface area contributed by atoms with Crippen molar-refractivity contribution in [1.29, 1.82) is 0 Å². The molecular weight excluding hydrogens is 406 g/mol. The van der Waals surface area contributed by atoms with Crippen molar-refractivity contribution < 1.29 is 19.1 Å². The van der Waals surface area contributed by atoms with Crippen molar-refractivity contribution in [2.24, 2.45) is 0 Å². The number of amides is 3. The third kappa shape index (κ3) is 5.10. The molecule has 7 nitrogen and oxygen atoms in total. The highest BCUT2D eigenvalue weighted by Gasteiger charge is 2.32. The highest BCUT2D eigenvalue weighted by atomic mass is 16.6. The fraction of sp³-hybridized carbons (Fsp3) is 0.400. The molecule has 0 spiro atoms. The standard InChI is InChI=1S/C25H29N3O4/c1-17-3-5-19(6-4-17)13-24(30)27-11-9-20-7-8-22(14-21(20)10-12-27)28-16-23(32-25(28)31)15-26-18(2)29/h3-8,14,23H,9-13,15-16H2,1-2H3,(H,26,29)/t23-/m0/s1. The Kier molecular flexibility index (Phi) is 6.44. The Bertz CT molecular complexity index is 1020. The zero-order chi connectivity index (χ0) is 22.7. The Labute approximate surface area is 188 Å². The summed E-state index contributed by atoms with van der Waals surface area (Å²) in [6.07, 6.45) is 1.20. The summed E-state index contributed by atoms with van der Waals surface area (Å²) < 4.78 is 5.38. The van der Waals surface area contributed by atoms with Crippen LogP contribution in [-0.4, -0.2) is 55.1 Å². The van der Waals surface area contributed by atoms with Gasteiger partial charge in [0, 0.05) is 25.7 Å². The minimum Gasteiger partial charge on any atom is -0.442 e. The normalized spacial score (nSPS) is 18.1. The second kappa shape index (κ2) is 9.42. The van der Waals surface area contributed by atoms with Gasteiger partial charge in [0.1, 0.15) is 6.10 Å². The van der Waals surface area contributed by atoms with Crippen LogP contribution in [0, 0.1) is 6.92 Å². The maximum absolute atomic E-state index is 12.8. The van der Waals surface area contributed by atoms with E-state index in [1.165, 1.54) is 18.1 Å². The summed E-state index contributed by atoms with van der Waals surface area (Å²) in [5.74, 6) is -0.00294. The number of nitrogens with one attached hydrogen (secondary N) is 1. The Morgan fingerprint density at radius 3 is 2.50 bits per heavy atom. The van der Waals surface area contributed by atoms with Crippen LogP contribution < -0.4 is 10.2 Å². The molecule has 1 saturated heterocycles. The van der Waals surface area contributed by atoms with Gasteiger partial charge < -0.3 is 15.0 Å². The molecule has 4 rings (SSSR count). The Hall–Kier alpha value is -3.35. The van der Waals surface area contributed by atoms with Gasteiger partial charge >= 0.3 is 6.09 Å². The summed E-state index contributed by atoms with van der Waals surface area (Å²) in [4.78, 5) is 39.9. The molecule has 0 aromatic heterocycles. The minimum absolute atomic E-state index is 0.144. The molecule has 2 aliphatic heterocycles. The molecule has 0 aliphatic carbocycles. The molecule has 1 atom stereocenters. The lowest BCUT2D eigenvalue weighted by molar-refractivity contribution is -0.130. The first-order valence-electron chi connectivity index (χ1n) is 11.1. The summed E-state index contributed by atoms with van der Waals surface area (Å²) in [5, 5.41) is 2.69. The molecule has 0 saturated carbocycles. The van der Waals surface area contributed by atoms with Crippen LogP contribution in [0.3, 0.4) is 0 Å². The van der Waals surface area contributed by atoms with E-state index < -0.39 is 6.09 Å². The summed E-state index contributed by atoms with van der Waals surface area (Å²) in [6, 6.07) is 14.1. The maximum atomic E-state index is 12.8. The number of carbonyl (C=O) groups is 3. The SMILES string of the molecule is CC(=O)NC[C@H]1CN(c2ccc3c(c2)CCN(C(=O)Cc2ccc(C)cc2)CC3)C(=O)O1. The third-order valence-corrected chi connectivity index (χ3v) is 6.09. The zero-order valence-corrected chi connectivity index (χ0v) is 18.6. The number of benzene rings is 2. The number of cyclic esters (lactones) is 1. The molecule has 2 heterocycles. The van der Waals surface area contributed by atoms with E-state index in [-0.39, 0.29) is 17.9 Å². The van der Waals surface area contributed by atoms with Gasteiger partial charge in [0.15, 0.2) is 0 Å². The van der Waals surface area contributed by atoms with Gasteiger partial charge in [-0.25, -0.2) is 4.79 Å². The van der Waals surface area contributed by atoms with Gasteiger partial charge in [0.2, 0.25) is 11.8 Å². The topological polar surface area (TPSA) is 79.0 Å². The van der Waals surface area contributed by atoms with Gasteiger partial charge in [-0.15, -0.1) is 0 Å². The van der Waals surface area contributed by atoms with E-state index in [0.717, 1.165) is 29.7 Å². The number of hydrogen-bond donors (Lipinski definition) is 1. The second-order valence-corrected chi connectivity index (χ2v) is 8.55. The van der Waals surface area contributed by atoms with E-state index in [1.54, 1.807) is 4.90 Å². The predicted octanol–water partition coefficient (Wildman–Crippen LogP) is 2.63. The van der Waals surface area contributed by atoms with Crippen molar-refractivity contribution in [3.8, 4) is 0 Å². The van der Waals surface area contributed by atoms with Gasteiger partial charge in [-0.3, -0.25) is 14.5 Å². The molecule has 0 radical (unpaired) electrons. The Balaban J connectivity index is 1.39. The van der Waals surface area contributed by atoms with Crippen LogP contribution in [0.15, 0.2) is 42.5 Å². The molecule has 32 heavy (non-hydrogen) atoms. The van der Waals surface area contributed by atoms with Crippen molar-refractivity contribution >= 4 is 23.6 Å². The Morgan fingerprint density at radius 1 is 1.06 bits per heavy atom. The van der Waals surface area contributed by atoms with Crippen LogP contribution >= 0.6 is 0 Å². The van der Waals surface area contributed by atoms with Crippen LogP contribution in [0.25, 0.3) is 0 Å². The first kappa shape index (κ1) is 21.9. The highest BCUT2D eigenvalue weighted by molar-refractivity contribution is 5.90. The summed E-state index contributed by atoms with van der Waals surface area (Å²) >= 11 is 0. The van der Waals surface area contributed by atoms with Crippen molar-refractivity contribution in [3.05, 3.63) is 64.7 Å². The van der Waals surface area contributed by atoms with Gasteiger partial charge in [0.05, 0.1) is 19.5 Å². The average molecular weight is 436 g/mol. The molecule has 7 heteroatoms. The molecule has 3 amide bonds. The van der Waals surface area contributed by atoms with E-state index >= 15 is 0 Å². The number of ether oxygens (including phenoxy) is 1. The summed E-state index contributed by atoms with van der Waals surface area (Å²) in [7, 11) is 0. The minimum atomic E-state index is -0.399. The van der Waals surface area contributed by atoms with E-state index in [9.17, 15) is 14.4 Å². The Morgan fingerprint density at radius 2 is 1.78 bits per heavy atom. The number of rotatable bonds is 5. The first-order chi connectivity index (χ1) is 15.4. The fourth-order valence-electron chi connectivity index (χ4n) is 4.22. The molecule has 0 bridgehead atoms. The van der Waals surface area contributed by atoms with Crippen LogP contribution in [0.2, 0.25) is 0 Å². The maximum Gasteiger partial charge on any atom is 0.414 e. The number of carbonyl (C=O) groups excluding carboxylic acids is 3. The zero-order valence-electron chi connectivity index (χ0n) is 18.6. The van der Waals surface area contributed by atoms with Crippen LogP contribution in [0.4, 0.5) is 10.5 Å². The number of anilines is 1. The molecule has 2 aliphatic rings. The summed E-state index contributed by atoms with van der Waals surface area (Å²) in [6.45, 7) is 5.55. The van der Waals surface area contributed by atoms with Gasteiger partial charge in [-0.2, -0.15) is 0 Å². The van der Waals surface area contributed by atoms with Crippen molar-refractivity contribution in [3.63, 3.8) is 0 Å².